The second-order valence-electron chi connectivity index (χ2n) is 4.88. The molecule has 7 heteroatoms. The first-order valence-corrected chi connectivity index (χ1v) is 7.65. The second-order valence-corrected chi connectivity index (χ2v) is 7.11. The zero-order valence-corrected chi connectivity index (χ0v) is 10.9. The number of anilines is 1. The fraction of sp³-hybridized carbons (Fsp3) is 0.500. The zero-order valence-electron chi connectivity index (χ0n) is 10.1. The van der Waals surface area contributed by atoms with Crippen LogP contribution in [0.3, 0.4) is 0 Å². The van der Waals surface area contributed by atoms with Crippen molar-refractivity contribution in [3.8, 4) is 0 Å². The number of sulfone groups is 1. The van der Waals surface area contributed by atoms with Crippen LogP contribution >= 0.6 is 0 Å². The van der Waals surface area contributed by atoms with E-state index in [1.807, 2.05) is 0 Å². The Kier molecular flexibility index (Phi) is 3.51. The minimum absolute atomic E-state index is 0.0518. The summed E-state index contributed by atoms with van der Waals surface area (Å²) in [5, 5.41) is 0. The maximum absolute atomic E-state index is 12.5. The Morgan fingerprint density at radius 3 is 2.47 bits per heavy atom. The molecule has 1 heterocycles. The van der Waals surface area contributed by atoms with Gasteiger partial charge in [-0.3, -0.25) is 0 Å². The number of nitrogen functional groups attached to an aromatic ring is 1. The van der Waals surface area contributed by atoms with E-state index in [-0.39, 0.29) is 23.1 Å². The first-order chi connectivity index (χ1) is 8.67. The molecule has 0 bridgehead atoms. The van der Waals surface area contributed by atoms with Gasteiger partial charge in [-0.25, -0.2) is 8.42 Å². The first kappa shape index (κ1) is 14.2. The molecule has 106 valence electrons. The summed E-state index contributed by atoms with van der Waals surface area (Å²) < 4.78 is 60.1. The van der Waals surface area contributed by atoms with E-state index in [2.05, 4.69) is 0 Å². The van der Waals surface area contributed by atoms with Gasteiger partial charge in [-0.15, -0.1) is 0 Å². The largest absolute Gasteiger partial charge is 0.416 e. The molecule has 0 aromatic heterocycles. The Labute approximate surface area is 109 Å². The third-order valence-electron chi connectivity index (χ3n) is 3.31. The quantitative estimate of drug-likeness (QED) is 0.851. The van der Waals surface area contributed by atoms with Gasteiger partial charge in [-0.1, -0.05) is 6.07 Å². The SMILES string of the molecule is Nc1cc(C(F)(F)F)ccc1CC1CCS(=O)(=O)C1. The van der Waals surface area contributed by atoms with Crippen molar-refractivity contribution in [2.24, 2.45) is 5.92 Å². The lowest BCUT2D eigenvalue weighted by atomic mass is 9.96. The average Bonchev–Trinajstić information content (AvgIpc) is 2.59. The predicted octanol–water partition coefficient (Wildman–Crippen LogP) is 2.26. The van der Waals surface area contributed by atoms with E-state index in [4.69, 9.17) is 5.73 Å². The third-order valence-corrected chi connectivity index (χ3v) is 5.15. The molecule has 0 saturated carbocycles. The summed E-state index contributed by atoms with van der Waals surface area (Å²) in [6.45, 7) is 0. The highest BCUT2D eigenvalue weighted by Gasteiger charge is 2.32. The average molecular weight is 293 g/mol. The lowest BCUT2D eigenvalue weighted by molar-refractivity contribution is -0.137. The van der Waals surface area contributed by atoms with Gasteiger partial charge in [0.05, 0.1) is 17.1 Å². The molecule has 1 saturated heterocycles. The number of halogens is 3. The highest BCUT2D eigenvalue weighted by molar-refractivity contribution is 7.91. The van der Waals surface area contributed by atoms with Crippen LogP contribution < -0.4 is 5.73 Å². The molecule has 1 aliphatic heterocycles. The number of nitrogens with two attached hydrogens (primary N) is 1. The van der Waals surface area contributed by atoms with Gasteiger partial charge in [-0.2, -0.15) is 13.2 Å². The molecule has 1 aliphatic rings. The molecule has 0 amide bonds. The van der Waals surface area contributed by atoms with Crippen LogP contribution in [-0.2, 0) is 22.4 Å². The molecular weight excluding hydrogens is 279 g/mol. The maximum Gasteiger partial charge on any atom is 0.416 e. The summed E-state index contributed by atoms with van der Waals surface area (Å²) in [6.07, 6.45) is -3.46. The minimum Gasteiger partial charge on any atom is -0.398 e. The van der Waals surface area contributed by atoms with Gasteiger partial charge < -0.3 is 5.73 Å². The minimum atomic E-state index is -4.41. The van der Waals surface area contributed by atoms with E-state index in [0.717, 1.165) is 12.1 Å². The van der Waals surface area contributed by atoms with Crippen LogP contribution in [0, 0.1) is 5.92 Å². The number of alkyl halides is 3. The zero-order chi connectivity index (χ0) is 14.3. The van der Waals surface area contributed by atoms with Crippen molar-refractivity contribution in [2.45, 2.75) is 19.0 Å². The van der Waals surface area contributed by atoms with Crippen LogP contribution in [0.4, 0.5) is 18.9 Å². The lowest BCUT2D eigenvalue weighted by Gasteiger charge is -2.13. The molecule has 2 rings (SSSR count). The van der Waals surface area contributed by atoms with E-state index >= 15 is 0 Å². The molecule has 3 nitrogen and oxygen atoms in total. The number of rotatable bonds is 2. The molecule has 1 unspecified atom stereocenters. The van der Waals surface area contributed by atoms with Gasteiger partial charge in [0.1, 0.15) is 0 Å². The van der Waals surface area contributed by atoms with Gasteiger partial charge in [0, 0.05) is 5.69 Å². The first-order valence-electron chi connectivity index (χ1n) is 5.83. The summed E-state index contributed by atoms with van der Waals surface area (Å²) in [6, 6.07) is 3.22. The van der Waals surface area contributed by atoms with Gasteiger partial charge in [0.15, 0.2) is 9.84 Å². The molecule has 0 spiro atoms. The van der Waals surface area contributed by atoms with E-state index in [0.29, 0.717) is 18.4 Å². The fourth-order valence-corrected chi connectivity index (χ4v) is 4.16. The van der Waals surface area contributed by atoms with Crippen molar-refractivity contribution in [3.63, 3.8) is 0 Å². The summed E-state index contributed by atoms with van der Waals surface area (Å²) in [5.41, 5.74) is 5.48. The van der Waals surface area contributed by atoms with Crippen molar-refractivity contribution in [1.29, 1.82) is 0 Å². The summed E-state index contributed by atoms with van der Waals surface area (Å²) in [7, 11) is -2.98. The highest BCUT2D eigenvalue weighted by atomic mass is 32.2. The van der Waals surface area contributed by atoms with E-state index in [9.17, 15) is 21.6 Å². The monoisotopic (exact) mass is 293 g/mol. The van der Waals surface area contributed by atoms with Crippen molar-refractivity contribution < 1.29 is 21.6 Å². The predicted molar refractivity (Wildman–Crippen MR) is 66.3 cm³/mol. The molecule has 1 fully saturated rings. The molecule has 0 radical (unpaired) electrons. The van der Waals surface area contributed by atoms with Crippen LogP contribution in [0.25, 0.3) is 0 Å². The molecule has 1 atom stereocenters. The molecule has 1 aromatic rings. The molecular formula is C12H14F3NO2S. The van der Waals surface area contributed by atoms with Gasteiger partial charge in [-0.05, 0) is 36.5 Å². The fourth-order valence-electron chi connectivity index (χ4n) is 2.30. The van der Waals surface area contributed by atoms with Crippen molar-refractivity contribution >= 4 is 15.5 Å². The lowest BCUT2D eigenvalue weighted by Crippen LogP contribution is -2.10. The Morgan fingerprint density at radius 1 is 1.32 bits per heavy atom. The van der Waals surface area contributed by atoms with Crippen molar-refractivity contribution in [2.75, 3.05) is 17.2 Å². The number of benzene rings is 1. The van der Waals surface area contributed by atoms with Gasteiger partial charge in [0.25, 0.3) is 0 Å². The Balaban J connectivity index is 2.15. The third kappa shape index (κ3) is 3.40. The van der Waals surface area contributed by atoms with Crippen LogP contribution in [0.1, 0.15) is 17.5 Å². The summed E-state index contributed by atoms with van der Waals surface area (Å²) >= 11 is 0. The van der Waals surface area contributed by atoms with E-state index in [1.165, 1.54) is 6.07 Å². The Bertz CT molecular complexity index is 581. The van der Waals surface area contributed by atoms with Crippen LogP contribution in [0.2, 0.25) is 0 Å². The maximum atomic E-state index is 12.5. The highest BCUT2D eigenvalue weighted by Crippen LogP contribution is 2.32. The van der Waals surface area contributed by atoms with Crippen LogP contribution in [-0.4, -0.2) is 19.9 Å². The summed E-state index contributed by atoms with van der Waals surface area (Å²) in [5.74, 6) is 0.190. The van der Waals surface area contributed by atoms with Crippen molar-refractivity contribution in [3.05, 3.63) is 29.3 Å². The van der Waals surface area contributed by atoms with Crippen molar-refractivity contribution in [1.82, 2.24) is 0 Å². The summed E-state index contributed by atoms with van der Waals surface area (Å²) in [4.78, 5) is 0. The Morgan fingerprint density at radius 2 is 2.00 bits per heavy atom. The Hall–Kier alpha value is -1.24. The van der Waals surface area contributed by atoms with E-state index < -0.39 is 21.6 Å². The number of hydrogen-bond acceptors (Lipinski definition) is 3. The molecule has 0 aliphatic carbocycles. The smallest absolute Gasteiger partial charge is 0.398 e. The standard InChI is InChI=1S/C12H14F3NO2S/c13-12(14,15)10-2-1-9(11(16)6-10)5-8-3-4-19(17,18)7-8/h1-2,6,8H,3-5,7,16H2. The molecule has 1 aromatic carbocycles. The number of hydrogen-bond donors (Lipinski definition) is 1. The molecule has 2 N–H and O–H groups in total. The van der Waals surface area contributed by atoms with Crippen LogP contribution in [0.15, 0.2) is 18.2 Å². The second kappa shape index (κ2) is 4.70. The topological polar surface area (TPSA) is 60.2 Å². The normalized spacial score (nSPS) is 22.6. The molecule has 19 heavy (non-hydrogen) atoms. The van der Waals surface area contributed by atoms with Gasteiger partial charge in [0.2, 0.25) is 0 Å². The van der Waals surface area contributed by atoms with E-state index in [1.54, 1.807) is 0 Å². The van der Waals surface area contributed by atoms with Gasteiger partial charge >= 0.3 is 6.18 Å². The van der Waals surface area contributed by atoms with Crippen LogP contribution in [0.5, 0.6) is 0 Å².